The van der Waals surface area contributed by atoms with E-state index in [0.717, 1.165) is 0 Å². The quantitative estimate of drug-likeness (QED) is 0.414. The van der Waals surface area contributed by atoms with Crippen molar-refractivity contribution in [3.05, 3.63) is 33.9 Å². The summed E-state index contributed by atoms with van der Waals surface area (Å²) in [6.07, 6.45) is 1.18. The Hall–Kier alpha value is -3.17. The highest BCUT2D eigenvalue weighted by Gasteiger charge is 2.09. The first-order valence-corrected chi connectivity index (χ1v) is 4.92. The molecule has 19 heavy (non-hydrogen) atoms. The van der Waals surface area contributed by atoms with Crippen LogP contribution in [0.4, 0.5) is 17.3 Å². The van der Waals surface area contributed by atoms with Crippen molar-refractivity contribution in [3.63, 3.8) is 0 Å². The maximum Gasteiger partial charge on any atom is 0.270 e. The van der Waals surface area contributed by atoms with E-state index >= 15 is 0 Å². The summed E-state index contributed by atoms with van der Waals surface area (Å²) < 4.78 is 4.32. The molecule has 0 amide bonds. The normalized spacial score (nSPS) is 10.7. The topological polar surface area (TPSA) is 153 Å². The highest BCUT2D eigenvalue weighted by Crippen LogP contribution is 2.21. The number of hydrazone groups is 1. The van der Waals surface area contributed by atoms with E-state index in [0.29, 0.717) is 0 Å². The lowest BCUT2D eigenvalue weighted by molar-refractivity contribution is -0.384. The van der Waals surface area contributed by atoms with Crippen LogP contribution in [-0.4, -0.2) is 26.6 Å². The molecule has 0 atom stereocenters. The van der Waals surface area contributed by atoms with E-state index in [2.05, 4.69) is 25.5 Å². The number of nitrogens with zero attached hydrogens (tertiary/aromatic N) is 4. The smallest absolute Gasteiger partial charge is 0.270 e. The van der Waals surface area contributed by atoms with Gasteiger partial charge in [-0.05, 0) is 16.4 Å². The van der Waals surface area contributed by atoms with Crippen LogP contribution in [0.15, 0.2) is 27.9 Å². The summed E-state index contributed by atoms with van der Waals surface area (Å²) in [7, 11) is 0. The molecule has 0 fully saturated rings. The van der Waals surface area contributed by atoms with Crippen LogP contribution in [0, 0.1) is 10.1 Å². The number of aromatic hydroxyl groups is 1. The van der Waals surface area contributed by atoms with Crippen molar-refractivity contribution < 1.29 is 14.7 Å². The fourth-order valence-electron chi connectivity index (χ4n) is 1.19. The number of hydrogen-bond acceptors (Lipinski definition) is 9. The summed E-state index contributed by atoms with van der Waals surface area (Å²) in [6.45, 7) is 0. The third-order valence-electron chi connectivity index (χ3n) is 2.11. The largest absolute Gasteiger partial charge is 0.507 e. The highest BCUT2D eigenvalue weighted by molar-refractivity contribution is 5.85. The Bertz CT molecular complexity index is 637. The molecule has 98 valence electrons. The molecule has 2 aromatic rings. The number of nitro groups is 1. The van der Waals surface area contributed by atoms with Crippen molar-refractivity contribution in [1.29, 1.82) is 0 Å². The molecule has 0 saturated carbocycles. The number of hydrogen-bond donors (Lipinski definition) is 3. The lowest BCUT2D eigenvalue weighted by atomic mass is 10.2. The lowest BCUT2D eigenvalue weighted by Crippen LogP contribution is -1.96. The standard InChI is InChI=1S/C9H8N6O4/c10-8-9(14-19-13-8)12-11-4-5-3-6(15(17)18)1-2-7(5)16/h1-4,16H,(H2,10,13)(H,12,14). The van der Waals surface area contributed by atoms with E-state index in [4.69, 9.17) is 5.73 Å². The van der Waals surface area contributed by atoms with Crippen LogP contribution in [0.5, 0.6) is 5.75 Å². The molecule has 0 aliphatic heterocycles. The minimum atomic E-state index is -0.580. The fourth-order valence-corrected chi connectivity index (χ4v) is 1.19. The van der Waals surface area contributed by atoms with Gasteiger partial charge in [-0.15, -0.1) is 0 Å². The molecular weight excluding hydrogens is 256 g/mol. The van der Waals surface area contributed by atoms with Crippen LogP contribution in [0.3, 0.4) is 0 Å². The zero-order chi connectivity index (χ0) is 13.8. The number of non-ortho nitro benzene ring substituents is 1. The van der Waals surface area contributed by atoms with Gasteiger partial charge >= 0.3 is 0 Å². The number of nitro benzene ring substituents is 1. The molecular formula is C9H8N6O4. The number of aromatic nitrogens is 2. The van der Waals surface area contributed by atoms with Gasteiger partial charge in [0.2, 0.25) is 11.6 Å². The van der Waals surface area contributed by atoms with Gasteiger partial charge in [0, 0.05) is 17.7 Å². The Morgan fingerprint density at radius 2 is 2.32 bits per heavy atom. The van der Waals surface area contributed by atoms with Gasteiger partial charge in [0.15, 0.2) is 0 Å². The van der Waals surface area contributed by atoms with Gasteiger partial charge < -0.3 is 10.8 Å². The van der Waals surface area contributed by atoms with Gasteiger partial charge in [0.05, 0.1) is 11.1 Å². The van der Waals surface area contributed by atoms with E-state index in [9.17, 15) is 15.2 Å². The molecule has 0 saturated heterocycles. The molecule has 4 N–H and O–H groups in total. The molecule has 0 aliphatic rings. The van der Waals surface area contributed by atoms with E-state index in [1.165, 1.54) is 24.4 Å². The number of phenols is 1. The van der Waals surface area contributed by atoms with Crippen LogP contribution >= 0.6 is 0 Å². The average Bonchev–Trinajstić information content (AvgIpc) is 2.77. The molecule has 1 aromatic carbocycles. The summed E-state index contributed by atoms with van der Waals surface area (Å²) in [4.78, 5) is 10.0. The van der Waals surface area contributed by atoms with E-state index in [1.807, 2.05) is 0 Å². The van der Waals surface area contributed by atoms with Crippen LogP contribution in [0.2, 0.25) is 0 Å². The first-order chi connectivity index (χ1) is 9.08. The van der Waals surface area contributed by atoms with E-state index < -0.39 is 4.92 Å². The number of nitrogens with one attached hydrogen (secondary N) is 1. The molecule has 0 aliphatic carbocycles. The molecule has 1 aromatic heterocycles. The molecule has 10 heteroatoms. The van der Waals surface area contributed by atoms with Gasteiger partial charge in [0.25, 0.3) is 5.69 Å². The molecule has 0 spiro atoms. The third kappa shape index (κ3) is 2.74. The minimum absolute atomic E-state index is 0.0143. The Morgan fingerprint density at radius 3 is 2.95 bits per heavy atom. The second kappa shape index (κ2) is 5.00. The van der Waals surface area contributed by atoms with Crippen LogP contribution in [0.25, 0.3) is 0 Å². The van der Waals surface area contributed by atoms with E-state index in [1.54, 1.807) is 0 Å². The molecule has 0 radical (unpaired) electrons. The fraction of sp³-hybridized carbons (Fsp3) is 0. The monoisotopic (exact) mass is 264 g/mol. The first-order valence-electron chi connectivity index (χ1n) is 4.92. The minimum Gasteiger partial charge on any atom is -0.507 e. The lowest BCUT2D eigenvalue weighted by Gasteiger charge is -1.98. The zero-order valence-electron chi connectivity index (χ0n) is 9.35. The predicted molar refractivity (Wildman–Crippen MR) is 64.7 cm³/mol. The average molecular weight is 264 g/mol. The number of phenolic OH excluding ortho intramolecular Hbond substituents is 1. The summed E-state index contributed by atoms with van der Waals surface area (Å²) in [5.74, 6) is -0.0380. The Morgan fingerprint density at radius 1 is 1.53 bits per heavy atom. The number of nitrogens with two attached hydrogens (primary N) is 1. The highest BCUT2D eigenvalue weighted by atomic mass is 16.6. The summed E-state index contributed by atoms with van der Waals surface area (Å²) >= 11 is 0. The van der Waals surface area contributed by atoms with Gasteiger partial charge in [-0.2, -0.15) is 5.10 Å². The number of anilines is 2. The van der Waals surface area contributed by atoms with Crippen LogP contribution in [-0.2, 0) is 0 Å². The van der Waals surface area contributed by atoms with Crippen molar-refractivity contribution in [3.8, 4) is 5.75 Å². The molecule has 1 heterocycles. The SMILES string of the molecule is Nc1nonc1NN=Cc1cc([N+](=O)[O-])ccc1O. The Balaban J connectivity index is 2.16. The van der Waals surface area contributed by atoms with Gasteiger partial charge in [-0.1, -0.05) is 0 Å². The van der Waals surface area contributed by atoms with Crippen LogP contribution in [0.1, 0.15) is 5.56 Å². The van der Waals surface area contributed by atoms with Crippen molar-refractivity contribution in [2.24, 2.45) is 5.10 Å². The summed E-state index contributed by atoms with van der Waals surface area (Å²) in [5.41, 5.74) is 7.78. The van der Waals surface area contributed by atoms with Gasteiger partial charge in [0.1, 0.15) is 5.75 Å². The second-order valence-corrected chi connectivity index (χ2v) is 3.37. The number of benzene rings is 1. The maximum absolute atomic E-state index is 10.6. The molecule has 0 bridgehead atoms. The predicted octanol–water partition coefficient (Wildman–Crippen LogP) is 0.712. The zero-order valence-corrected chi connectivity index (χ0v) is 9.35. The van der Waals surface area contributed by atoms with Gasteiger partial charge in [-0.3, -0.25) is 15.5 Å². The molecule has 10 nitrogen and oxygen atoms in total. The second-order valence-electron chi connectivity index (χ2n) is 3.37. The summed E-state index contributed by atoms with van der Waals surface area (Å²) in [5, 5.41) is 30.5. The van der Waals surface area contributed by atoms with Crippen molar-refractivity contribution in [2.75, 3.05) is 11.2 Å². The Labute approximate surface area is 105 Å². The van der Waals surface area contributed by atoms with Gasteiger partial charge in [-0.25, -0.2) is 4.63 Å². The van der Waals surface area contributed by atoms with E-state index in [-0.39, 0.29) is 28.6 Å². The molecule has 0 unspecified atom stereocenters. The van der Waals surface area contributed by atoms with Crippen molar-refractivity contribution >= 4 is 23.5 Å². The molecule has 2 rings (SSSR count). The third-order valence-corrected chi connectivity index (χ3v) is 2.11. The number of nitrogen functional groups attached to an aromatic ring is 1. The van der Waals surface area contributed by atoms with Crippen molar-refractivity contribution in [2.45, 2.75) is 0 Å². The van der Waals surface area contributed by atoms with Crippen molar-refractivity contribution in [1.82, 2.24) is 10.3 Å². The number of rotatable bonds is 4. The summed E-state index contributed by atoms with van der Waals surface area (Å²) in [6, 6.07) is 3.55. The first kappa shape index (κ1) is 12.3. The Kier molecular flexibility index (Phi) is 3.23. The van der Waals surface area contributed by atoms with Crippen LogP contribution < -0.4 is 11.2 Å². The maximum atomic E-state index is 10.6.